The second-order valence-corrected chi connectivity index (χ2v) is 6.06. The molecule has 0 unspecified atom stereocenters. The molecule has 0 bridgehead atoms. The fourth-order valence-corrected chi connectivity index (χ4v) is 2.65. The van der Waals surface area contributed by atoms with Gasteiger partial charge in [0.25, 0.3) is 0 Å². The van der Waals surface area contributed by atoms with E-state index in [4.69, 9.17) is 5.26 Å². The maximum absolute atomic E-state index is 8.79. The zero-order valence-electron chi connectivity index (χ0n) is 13.9. The van der Waals surface area contributed by atoms with Crippen LogP contribution >= 0.6 is 0 Å². The van der Waals surface area contributed by atoms with Gasteiger partial charge in [-0.15, -0.1) is 5.11 Å². The van der Waals surface area contributed by atoms with Crippen molar-refractivity contribution < 1.29 is 0 Å². The first-order chi connectivity index (χ1) is 11.7. The summed E-state index contributed by atoms with van der Waals surface area (Å²) in [5.41, 5.74) is 4.06. The van der Waals surface area contributed by atoms with Gasteiger partial charge in [-0.25, -0.2) is 0 Å². The Hall–Kier alpha value is -2.71. The summed E-state index contributed by atoms with van der Waals surface area (Å²) in [6, 6.07) is 18.0. The Morgan fingerprint density at radius 1 is 0.958 bits per heavy atom. The topological polar surface area (TPSA) is 55.0 Å². The Bertz CT molecular complexity index is 720. The summed E-state index contributed by atoms with van der Waals surface area (Å²) in [6.07, 6.45) is 0. The number of aryl methyl sites for hydroxylation is 1. The van der Waals surface area contributed by atoms with Gasteiger partial charge in [-0.3, -0.25) is 9.91 Å². The Kier molecular flexibility index (Phi) is 5.19. The van der Waals surface area contributed by atoms with Crippen LogP contribution in [0.3, 0.4) is 0 Å². The molecular weight excluding hydrogens is 298 g/mol. The Labute approximate surface area is 142 Å². The third-order valence-corrected chi connectivity index (χ3v) is 4.16. The number of hydrogen-bond acceptors (Lipinski definition) is 4. The highest BCUT2D eigenvalue weighted by Crippen LogP contribution is 2.15. The molecule has 0 spiro atoms. The minimum absolute atomic E-state index is 0.638. The number of benzene rings is 2. The predicted molar refractivity (Wildman–Crippen MR) is 93.7 cm³/mol. The molecule has 1 saturated heterocycles. The van der Waals surface area contributed by atoms with Crippen LogP contribution < -0.4 is 0 Å². The predicted octanol–water partition coefficient (Wildman–Crippen LogP) is 3.68. The lowest BCUT2D eigenvalue weighted by molar-refractivity contribution is 0.124. The van der Waals surface area contributed by atoms with Crippen molar-refractivity contribution in [2.75, 3.05) is 26.2 Å². The van der Waals surface area contributed by atoms with Gasteiger partial charge in [0, 0.05) is 19.6 Å². The first kappa shape index (κ1) is 16.2. The van der Waals surface area contributed by atoms with E-state index >= 15 is 0 Å². The van der Waals surface area contributed by atoms with Crippen molar-refractivity contribution in [3.8, 4) is 6.07 Å². The van der Waals surface area contributed by atoms with Crippen molar-refractivity contribution >= 4 is 5.69 Å². The molecule has 0 aliphatic carbocycles. The van der Waals surface area contributed by atoms with Crippen LogP contribution in [0.4, 0.5) is 5.69 Å². The third kappa shape index (κ3) is 4.40. The summed E-state index contributed by atoms with van der Waals surface area (Å²) in [6.45, 7) is 6.83. The highest BCUT2D eigenvalue weighted by Gasteiger charge is 2.15. The van der Waals surface area contributed by atoms with Gasteiger partial charge in [0.05, 0.1) is 30.4 Å². The van der Waals surface area contributed by atoms with Crippen molar-refractivity contribution in [3.63, 3.8) is 0 Å². The van der Waals surface area contributed by atoms with Crippen LogP contribution in [0.15, 0.2) is 58.9 Å². The minimum Gasteiger partial charge on any atom is -0.295 e. The second kappa shape index (κ2) is 7.71. The molecule has 5 nitrogen and oxygen atoms in total. The Balaban J connectivity index is 1.48. The number of piperazine rings is 1. The quantitative estimate of drug-likeness (QED) is 0.808. The molecule has 1 aliphatic rings. The molecule has 5 heteroatoms. The van der Waals surface area contributed by atoms with E-state index in [9.17, 15) is 0 Å². The maximum atomic E-state index is 8.79. The molecule has 0 radical (unpaired) electrons. The van der Waals surface area contributed by atoms with Crippen molar-refractivity contribution in [1.82, 2.24) is 9.91 Å². The lowest BCUT2D eigenvalue weighted by Gasteiger charge is -2.32. The van der Waals surface area contributed by atoms with Crippen LogP contribution in [0.5, 0.6) is 0 Å². The molecule has 2 aromatic rings. The molecule has 0 N–H and O–H groups in total. The first-order valence-corrected chi connectivity index (χ1v) is 8.17. The smallest absolute Gasteiger partial charge is 0.0991 e. The summed E-state index contributed by atoms with van der Waals surface area (Å²) in [4.78, 5) is 2.44. The fourth-order valence-electron chi connectivity index (χ4n) is 2.65. The van der Waals surface area contributed by atoms with Gasteiger partial charge < -0.3 is 0 Å². The molecule has 0 atom stereocenters. The van der Waals surface area contributed by atoms with E-state index in [1.54, 1.807) is 12.1 Å². The average molecular weight is 319 g/mol. The summed E-state index contributed by atoms with van der Waals surface area (Å²) in [5.74, 6) is 0. The minimum atomic E-state index is 0.638. The summed E-state index contributed by atoms with van der Waals surface area (Å²) < 4.78 is 0. The van der Waals surface area contributed by atoms with Gasteiger partial charge in [0.1, 0.15) is 0 Å². The van der Waals surface area contributed by atoms with Crippen molar-refractivity contribution in [3.05, 3.63) is 65.2 Å². The normalized spacial score (nSPS) is 15.6. The highest BCUT2D eigenvalue weighted by atomic mass is 15.6. The van der Waals surface area contributed by atoms with E-state index in [0.717, 1.165) is 38.4 Å². The summed E-state index contributed by atoms with van der Waals surface area (Å²) in [5, 5.41) is 19.4. The maximum Gasteiger partial charge on any atom is 0.0991 e. The second-order valence-electron chi connectivity index (χ2n) is 6.06. The zero-order chi connectivity index (χ0) is 16.8. The van der Waals surface area contributed by atoms with Crippen molar-refractivity contribution in [1.29, 1.82) is 5.26 Å². The Morgan fingerprint density at radius 2 is 1.62 bits per heavy atom. The van der Waals surface area contributed by atoms with E-state index in [-0.39, 0.29) is 0 Å². The lowest BCUT2D eigenvalue weighted by Crippen LogP contribution is -2.43. The molecule has 1 fully saturated rings. The van der Waals surface area contributed by atoms with Gasteiger partial charge in [0.15, 0.2) is 0 Å². The number of nitriles is 1. The summed E-state index contributed by atoms with van der Waals surface area (Å²) in [7, 11) is 0. The molecule has 24 heavy (non-hydrogen) atoms. The molecule has 3 rings (SSSR count). The highest BCUT2D eigenvalue weighted by molar-refractivity contribution is 5.41. The van der Waals surface area contributed by atoms with Crippen LogP contribution in [0, 0.1) is 18.3 Å². The molecular formula is C19H21N5. The van der Waals surface area contributed by atoms with Crippen LogP contribution in [0.1, 0.15) is 16.7 Å². The first-order valence-electron chi connectivity index (χ1n) is 8.17. The fraction of sp³-hybridized carbons (Fsp3) is 0.316. The lowest BCUT2D eigenvalue weighted by atomic mass is 10.1. The van der Waals surface area contributed by atoms with E-state index in [0.29, 0.717) is 5.56 Å². The van der Waals surface area contributed by atoms with E-state index in [1.165, 1.54) is 11.1 Å². The largest absolute Gasteiger partial charge is 0.295 e. The molecule has 0 aromatic heterocycles. The van der Waals surface area contributed by atoms with E-state index < -0.39 is 0 Å². The van der Waals surface area contributed by atoms with Gasteiger partial charge in [-0.2, -0.15) is 5.26 Å². The molecule has 122 valence electrons. The van der Waals surface area contributed by atoms with Gasteiger partial charge in [0.2, 0.25) is 0 Å². The van der Waals surface area contributed by atoms with Crippen LogP contribution in [0.2, 0.25) is 0 Å². The number of nitrogens with zero attached hydrogens (tertiary/aromatic N) is 5. The molecule has 1 aliphatic heterocycles. The van der Waals surface area contributed by atoms with Crippen LogP contribution in [-0.4, -0.2) is 36.1 Å². The third-order valence-electron chi connectivity index (χ3n) is 4.16. The van der Waals surface area contributed by atoms with Gasteiger partial charge >= 0.3 is 0 Å². The molecule has 0 saturated carbocycles. The van der Waals surface area contributed by atoms with Crippen molar-refractivity contribution in [2.24, 2.45) is 10.3 Å². The van der Waals surface area contributed by atoms with E-state index in [1.807, 2.05) is 17.1 Å². The standard InChI is InChI=1S/C19H21N5/c1-16-2-4-18(5-3-16)15-23-10-12-24(13-11-23)22-21-19-8-6-17(14-20)7-9-19/h2-9H,10-13,15H2,1H3/b22-21+. The molecule has 0 amide bonds. The Morgan fingerprint density at radius 3 is 2.25 bits per heavy atom. The molecule has 1 heterocycles. The zero-order valence-corrected chi connectivity index (χ0v) is 13.9. The van der Waals surface area contributed by atoms with Crippen LogP contribution in [0.25, 0.3) is 0 Å². The summed E-state index contributed by atoms with van der Waals surface area (Å²) >= 11 is 0. The monoisotopic (exact) mass is 319 g/mol. The van der Waals surface area contributed by atoms with E-state index in [2.05, 4.69) is 52.5 Å². The van der Waals surface area contributed by atoms with Crippen LogP contribution in [-0.2, 0) is 6.54 Å². The number of hydrogen-bond donors (Lipinski definition) is 0. The average Bonchev–Trinajstić information content (AvgIpc) is 2.63. The van der Waals surface area contributed by atoms with Crippen molar-refractivity contribution in [2.45, 2.75) is 13.5 Å². The SMILES string of the molecule is Cc1ccc(CN2CCN(/N=N/c3ccc(C#N)cc3)CC2)cc1. The molecule has 2 aromatic carbocycles. The van der Waals surface area contributed by atoms with Gasteiger partial charge in [-0.05, 0) is 36.8 Å². The van der Waals surface area contributed by atoms with Gasteiger partial charge in [-0.1, -0.05) is 35.1 Å². The number of rotatable bonds is 4.